The molecule has 1 aliphatic heterocycles. The van der Waals surface area contributed by atoms with Crippen molar-refractivity contribution in [3.05, 3.63) is 44.7 Å². The van der Waals surface area contributed by atoms with E-state index in [0.717, 1.165) is 22.0 Å². The summed E-state index contributed by atoms with van der Waals surface area (Å²) in [5.74, 6) is 0. The number of aliphatic hydroxyl groups excluding tert-OH is 1. The first-order valence-corrected chi connectivity index (χ1v) is 7.61. The number of aliphatic hydroxyl groups is 1. The lowest BCUT2D eigenvalue weighted by atomic mass is 10.1. The maximum absolute atomic E-state index is 11.7. The van der Waals surface area contributed by atoms with Gasteiger partial charge in [-0.2, -0.15) is 0 Å². The Kier molecular flexibility index (Phi) is 4.40. The molecule has 0 aliphatic carbocycles. The average molecular weight is 354 g/mol. The summed E-state index contributed by atoms with van der Waals surface area (Å²) in [5, 5.41) is 10.4. The van der Waals surface area contributed by atoms with E-state index in [9.17, 15) is 9.90 Å². The molecule has 1 fully saturated rings. The number of morpholine rings is 1. The van der Waals surface area contributed by atoms with Gasteiger partial charge in [-0.05, 0) is 23.8 Å². The van der Waals surface area contributed by atoms with Gasteiger partial charge < -0.3 is 14.3 Å². The SMILES string of the molecule is O=c1cc(CN2CCOCC2CO)c2ccc(Br)cc2o1. The number of halogens is 1. The summed E-state index contributed by atoms with van der Waals surface area (Å²) in [6.45, 7) is 2.54. The Morgan fingerprint density at radius 2 is 2.24 bits per heavy atom. The van der Waals surface area contributed by atoms with Crippen molar-refractivity contribution >= 4 is 26.9 Å². The first-order valence-electron chi connectivity index (χ1n) is 6.82. The lowest BCUT2D eigenvalue weighted by Gasteiger charge is -2.34. The van der Waals surface area contributed by atoms with Crippen molar-refractivity contribution in [1.29, 1.82) is 0 Å². The molecule has 6 heteroatoms. The molecule has 1 unspecified atom stereocenters. The minimum absolute atomic E-state index is 0.0310. The van der Waals surface area contributed by atoms with E-state index in [1.807, 2.05) is 12.1 Å². The minimum Gasteiger partial charge on any atom is -0.423 e. The van der Waals surface area contributed by atoms with Crippen molar-refractivity contribution < 1.29 is 14.3 Å². The molecule has 2 aromatic rings. The van der Waals surface area contributed by atoms with Crippen LogP contribution in [0.3, 0.4) is 0 Å². The van der Waals surface area contributed by atoms with E-state index in [-0.39, 0.29) is 18.3 Å². The van der Waals surface area contributed by atoms with Crippen molar-refractivity contribution in [2.24, 2.45) is 0 Å². The fourth-order valence-electron chi connectivity index (χ4n) is 2.62. The molecule has 21 heavy (non-hydrogen) atoms. The number of rotatable bonds is 3. The van der Waals surface area contributed by atoms with Crippen molar-refractivity contribution in [3.8, 4) is 0 Å². The van der Waals surface area contributed by atoms with Crippen LogP contribution in [0.4, 0.5) is 0 Å². The monoisotopic (exact) mass is 353 g/mol. The van der Waals surface area contributed by atoms with E-state index in [2.05, 4.69) is 20.8 Å². The Bertz CT molecular complexity index is 700. The van der Waals surface area contributed by atoms with Gasteiger partial charge in [0, 0.05) is 29.0 Å². The smallest absolute Gasteiger partial charge is 0.336 e. The van der Waals surface area contributed by atoms with Crippen LogP contribution in [0, 0.1) is 0 Å². The quantitative estimate of drug-likeness (QED) is 0.851. The van der Waals surface area contributed by atoms with Crippen LogP contribution in [-0.2, 0) is 11.3 Å². The molecule has 0 radical (unpaired) electrons. The van der Waals surface area contributed by atoms with Crippen LogP contribution < -0.4 is 5.63 Å². The highest BCUT2D eigenvalue weighted by molar-refractivity contribution is 9.10. The first kappa shape index (κ1) is 14.7. The highest BCUT2D eigenvalue weighted by Gasteiger charge is 2.23. The average Bonchev–Trinajstić information content (AvgIpc) is 2.47. The molecule has 1 aliphatic rings. The van der Waals surface area contributed by atoms with E-state index < -0.39 is 0 Å². The molecule has 112 valence electrons. The second-order valence-corrected chi connectivity index (χ2v) is 6.03. The molecule has 0 amide bonds. The molecule has 1 N–H and O–H groups in total. The molecular formula is C15H16BrNO4. The van der Waals surface area contributed by atoms with Gasteiger partial charge in [0.1, 0.15) is 5.58 Å². The highest BCUT2D eigenvalue weighted by Crippen LogP contribution is 2.23. The van der Waals surface area contributed by atoms with Gasteiger partial charge in [-0.1, -0.05) is 15.9 Å². The largest absolute Gasteiger partial charge is 0.423 e. The van der Waals surface area contributed by atoms with Crippen molar-refractivity contribution in [3.63, 3.8) is 0 Å². The Labute approximate surface area is 130 Å². The molecule has 0 spiro atoms. The molecule has 1 aromatic carbocycles. The predicted molar refractivity (Wildman–Crippen MR) is 82.3 cm³/mol. The van der Waals surface area contributed by atoms with Gasteiger partial charge in [0.2, 0.25) is 0 Å². The van der Waals surface area contributed by atoms with Gasteiger partial charge in [0.15, 0.2) is 0 Å². The number of hydrogen-bond donors (Lipinski definition) is 1. The lowest BCUT2D eigenvalue weighted by molar-refractivity contribution is -0.0311. The van der Waals surface area contributed by atoms with E-state index >= 15 is 0 Å². The summed E-state index contributed by atoms with van der Waals surface area (Å²) in [4.78, 5) is 13.9. The summed E-state index contributed by atoms with van der Waals surface area (Å²) in [6, 6.07) is 7.15. The maximum atomic E-state index is 11.7. The van der Waals surface area contributed by atoms with Crippen LogP contribution in [0.15, 0.2) is 37.9 Å². The second-order valence-electron chi connectivity index (χ2n) is 5.11. The third-order valence-electron chi connectivity index (χ3n) is 3.73. The van der Waals surface area contributed by atoms with Gasteiger partial charge in [-0.3, -0.25) is 4.90 Å². The van der Waals surface area contributed by atoms with Gasteiger partial charge in [0.25, 0.3) is 0 Å². The standard InChI is InChI=1S/C15H16BrNO4/c16-11-1-2-13-10(5-15(19)21-14(13)6-11)7-17-3-4-20-9-12(17)8-18/h1-2,5-6,12,18H,3-4,7-9H2. The Balaban J connectivity index is 1.97. The van der Waals surface area contributed by atoms with Gasteiger partial charge in [-0.25, -0.2) is 4.79 Å². The first-order chi connectivity index (χ1) is 10.2. The van der Waals surface area contributed by atoms with Gasteiger partial charge in [0.05, 0.1) is 25.9 Å². The fraction of sp³-hybridized carbons (Fsp3) is 0.400. The minimum atomic E-state index is -0.357. The van der Waals surface area contributed by atoms with E-state index in [1.165, 1.54) is 6.07 Å². The van der Waals surface area contributed by atoms with Crippen LogP contribution in [-0.4, -0.2) is 42.4 Å². The summed E-state index contributed by atoms with van der Waals surface area (Å²) in [6.07, 6.45) is 0. The fourth-order valence-corrected chi connectivity index (χ4v) is 2.96. The topological polar surface area (TPSA) is 62.9 Å². The Hall–Kier alpha value is -1.21. The van der Waals surface area contributed by atoms with Gasteiger partial charge in [-0.15, -0.1) is 0 Å². The molecular weight excluding hydrogens is 338 g/mol. The molecule has 2 heterocycles. The molecule has 1 atom stereocenters. The summed E-state index contributed by atoms with van der Waals surface area (Å²) < 4.78 is 11.5. The lowest BCUT2D eigenvalue weighted by Crippen LogP contribution is -2.46. The zero-order valence-electron chi connectivity index (χ0n) is 11.4. The Morgan fingerprint density at radius 3 is 3.05 bits per heavy atom. The van der Waals surface area contributed by atoms with Gasteiger partial charge >= 0.3 is 5.63 Å². The summed E-state index contributed by atoms with van der Waals surface area (Å²) >= 11 is 3.38. The predicted octanol–water partition coefficient (Wildman–Crippen LogP) is 1.75. The highest BCUT2D eigenvalue weighted by atomic mass is 79.9. The zero-order chi connectivity index (χ0) is 14.8. The molecule has 3 rings (SSSR count). The molecule has 1 aromatic heterocycles. The van der Waals surface area contributed by atoms with E-state index in [0.29, 0.717) is 25.3 Å². The maximum Gasteiger partial charge on any atom is 0.336 e. The van der Waals surface area contributed by atoms with Crippen LogP contribution >= 0.6 is 15.9 Å². The molecule has 0 saturated carbocycles. The molecule has 5 nitrogen and oxygen atoms in total. The van der Waals surface area contributed by atoms with Crippen LogP contribution in [0.2, 0.25) is 0 Å². The van der Waals surface area contributed by atoms with Crippen molar-refractivity contribution in [1.82, 2.24) is 4.90 Å². The van der Waals surface area contributed by atoms with Crippen LogP contribution in [0.1, 0.15) is 5.56 Å². The summed E-state index contributed by atoms with van der Waals surface area (Å²) in [7, 11) is 0. The normalized spacial score (nSPS) is 20.0. The third kappa shape index (κ3) is 3.18. The molecule has 1 saturated heterocycles. The van der Waals surface area contributed by atoms with E-state index in [4.69, 9.17) is 9.15 Å². The molecule has 0 bridgehead atoms. The van der Waals surface area contributed by atoms with E-state index in [1.54, 1.807) is 6.07 Å². The van der Waals surface area contributed by atoms with Crippen molar-refractivity contribution in [2.45, 2.75) is 12.6 Å². The summed E-state index contributed by atoms with van der Waals surface area (Å²) in [5.41, 5.74) is 1.12. The number of ether oxygens (including phenoxy) is 1. The number of hydrogen-bond acceptors (Lipinski definition) is 5. The zero-order valence-corrected chi connectivity index (χ0v) is 13.0. The van der Waals surface area contributed by atoms with Crippen LogP contribution in [0.5, 0.6) is 0 Å². The number of nitrogens with zero attached hydrogens (tertiary/aromatic N) is 1. The van der Waals surface area contributed by atoms with Crippen molar-refractivity contribution in [2.75, 3.05) is 26.4 Å². The Morgan fingerprint density at radius 1 is 1.38 bits per heavy atom. The number of benzene rings is 1. The third-order valence-corrected chi connectivity index (χ3v) is 4.22. The second kappa shape index (κ2) is 6.27. The van der Waals surface area contributed by atoms with Crippen LogP contribution in [0.25, 0.3) is 11.0 Å². The number of fused-ring (bicyclic) bond motifs is 1.